The summed E-state index contributed by atoms with van der Waals surface area (Å²) in [6.07, 6.45) is 4.13. The van der Waals surface area contributed by atoms with Crippen molar-refractivity contribution in [3.05, 3.63) is 53.1 Å². The van der Waals surface area contributed by atoms with Gasteiger partial charge in [-0.25, -0.2) is 9.69 Å². The fourth-order valence-corrected chi connectivity index (χ4v) is 4.57. The zero-order valence-electron chi connectivity index (χ0n) is 14.4. The van der Waals surface area contributed by atoms with Gasteiger partial charge < -0.3 is 4.74 Å². The maximum Gasteiger partial charge on any atom is 0.337 e. The Labute approximate surface area is 146 Å². The summed E-state index contributed by atoms with van der Waals surface area (Å²) in [6, 6.07) is 6.48. The Kier molecular flexibility index (Phi) is 3.42. The maximum atomic E-state index is 13.0. The summed E-state index contributed by atoms with van der Waals surface area (Å²) in [5, 5.41) is 0. The van der Waals surface area contributed by atoms with Gasteiger partial charge >= 0.3 is 5.97 Å². The third kappa shape index (κ3) is 2.05. The van der Waals surface area contributed by atoms with Crippen LogP contribution in [-0.2, 0) is 14.3 Å². The Balaban J connectivity index is 1.73. The van der Waals surface area contributed by atoms with Crippen LogP contribution in [0, 0.1) is 23.7 Å². The highest BCUT2D eigenvalue weighted by Gasteiger charge is 2.61. The number of ether oxygens (including phenoxy) is 1. The van der Waals surface area contributed by atoms with Crippen LogP contribution >= 0.6 is 0 Å². The number of amides is 2. The fourth-order valence-electron chi connectivity index (χ4n) is 4.57. The van der Waals surface area contributed by atoms with E-state index >= 15 is 0 Å². The molecule has 128 valence electrons. The molecule has 1 aliphatic heterocycles. The maximum absolute atomic E-state index is 13.0. The predicted octanol–water partition coefficient (Wildman–Crippen LogP) is 2.73. The molecule has 0 unspecified atom stereocenters. The Morgan fingerprint density at radius 3 is 2.16 bits per heavy atom. The lowest BCUT2D eigenvalue weighted by atomic mass is 9.85. The number of hydrogen-bond acceptors (Lipinski definition) is 4. The molecule has 1 saturated heterocycles. The molecule has 25 heavy (non-hydrogen) atoms. The number of esters is 1. The lowest BCUT2D eigenvalue weighted by molar-refractivity contribution is -0.122. The Morgan fingerprint density at radius 2 is 1.64 bits per heavy atom. The Hall–Kier alpha value is -2.69. The van der Waals surface area contributed by atoms with Crippen molar-refractivity contribution in [2.24, 2.45) is 23.7 Å². The number of rotatable bonds is 2. The average Bonchev–Trinajstić information content (AvgIpc) is 3.24. The zero-order valence-corrected chi connectivity index (χ0v) is 14.4. The van der Waals surface area contributed by atoms with E-state index in [0.717, 1.165) is 0 Å². The third-order valence-electron chi connectivity index (χ3n) is 5.52. The highest BCUT2D eigenvalue weighted by molar-refractivity contribution is 6.23. The zero-order chi connectivity index (χ0) is 17.9. The van der Waals surface area contributed by atoms with Crippen LogP contribution in [0.1, 0.15) is 24.2 Å². The van der Waals surface area contributed by atoms with E-state index in [-0.39, 0.29) is 35.5 Å². The van der Waals surface area contributed by atoms with Crippen LogP contribution in [0.4, 0.5) is 5.69 Å². The molecule has 1 saturated carbocycles. The number of allylic oxidation sites excluding steroid dienone is 4. The molecule has 0 spiro atoms. The molecule has 1 aromatic rings. The molecule has 3 aliphatic rings. The Morgan fingerprint density at radius 1 is 1.04 bits per heavy atom. The molecule has 5 heteroatoms. The molecule has 2 fully saturated rings. The highest BCUT2D eigenvalue weighted by atomic mass is 16.5. The van der Waals surface area contributed by atoms with E-state index in [4.69, 9.17) is 4.74 Å². The van der Waals surface area contributed by atoms with E-state index in [1.165, 1.54) is 23.2 Å². The smallest absolute Gasteiger partial charge is 0.337 e. The molecular formula is C20H19NO4. The summed E-state index contributed by atoms with van der Waals surface area (Å²) in [5.74, 6) is -1.45. The van der Waals surface area contributed by atoms with Crippen LogP contribution in [0.15, 0.2) is 47.6 Å². The highest BCUT2D eigenvalue weighted by Crippen LogP contribution is 2.57. The molecule has 0 N–H and O–H groups in total. The summed E-state index contributed by atoms with van der Waals surface area (Å²) < 4.78 is 4.72. The number of methoxy groups -OCH3 is 1. The molecule has 2 amide bonds. The first-order valence-electron chi connectivity index (χ1n) is 8.37. The largest absolute Gasteiger partial charge is 0.465 e. The number of anilines is 1. The quantitative estimate of drug-likeness (QED) is 0.473. The molecule has 0 aromatic heterocycles. The average molecular weight is 337 g/mol. The fraction of sp³-hybridized carbons (Fsp3) is 0.350. The summed E-state index contributed by atoms with van der Waals surface area (Å²) in [5.41, 5.74) is 3.17. The molecule has 1 heterocycles. The van der Waals surface area contributed by atoms with Gasteiger partial charge in [-0.05, 0) is 32.0 Å². The first-order valence-corrected chi connectivity index (χ1v) is 8.37. The van der Waals surface area contributed by atoms with Crippen molar-refractivity contribution in [1.29, 1.82) is 0 Å². The van der Waals surface area contributed by atoms with E-state index in [0.29, 0.717) is 11.3 Å². The van der Waals surface area contributed by atoms with Crippen molar-refractivity contribution >= 4 is 23.5 Å². The molecule has 4 rings (SSSR count). The van der Waals surface area contributed by atoms with Crippen molar-refractivity contribution in [1.82, 2.24) is 0 Å². The van der Waals surface area contributed by atoms with Gasteiger partial charge in [0.15, 0.2) is 0 Å². The number of imide groups is 1. The molecule has 2 bridgehead atoms. The van der Waals surface area contributed by atoms with E-state index < -0.39 is 5.97 Å². The van der Waals surface area contributed by atoms with Crippen LogP contribution < -0.4 is 4.90 Å². The lowest BCUT2D eigenvalue weighted by Crippen LogP contribution is -2.33. The van der Waals surface area contributed by atoms with Crippen molar-refractivity contribution in [2.45, 2.75) is 13.8 Å². The number of benzene rings is 1. The molecule has 0 radical (unpaired) electrons. The van der Waals surface area contributed by atoms with Gasteiger partial charge in [0.25, 0.3) is 0 Å². The monoisotopic (exact) mass is 337 g/mol. The second-order valence-corrected chi connectivity index (χ2v) is 7.00. The van der Waals surface area contributed by atoms with Crippen molar-refractivity contribution in [3.8, 4) is 0 Å². The van der Waals surface area contributed by atoms with Crippen LogP contribution in [0.2, 0.25) is 0 Å². The second-order valence-electron chi connectivity index (χ2n) is 7.00. The van der Waals surface area contributed by atoms with Gasteiger partial charge in [0.1, 0.15) is 0 Å². The topological polar surface area (TPSA) is 63.7 Å². The number of fused-ring (bicyclic) bond motifs is 5. The molecule has 1 aromatic carbocycles. The Bertz CT molecular complexity index is 828. The van der Waals surface area contributed by atoms with Crippen molar-refractivity contribution in [2.75, 3.05) is 12.0 Å². The summed E-state index contributed by atoms with van der Waals surface area (Å²) in [6.45, 7) is 4.08. The number of nitrogens with zero attached hydrogens (tertiary/aromatic N) is 1. The normalized spacial score (nSPS) is 29.4. The number of carbonyl (C=O) groups is 3. The van der Waals surface area contributed by atoms with E-state index in [9.17, 15) is 14.4 Å². The summed E-state index contributed by atoms with van der Waals surface area (Å²) >= 11 is 0. The predicted molar refractivity (Wildman–Crippen MR) is 91.7 cm³/mol. The first kappa shape index (κ1) is 15.8. The van der Waals surface area contributed by atoms with Gasteiger partial charge in [-0.15, -0.1) is 0 Å². The summed E-state index contributed by atoms with van der Waals surface area (Å²) in [4.78, 5) is 39.1. The van der Waals surface area contributed by atoms with Crippen molar-refractivity contribution < 1.29 is 19.1 Å². The van der Waals surface area contributed by atoms with Crippen LogP contribution in [0.25, 0.3) is 0 Å². The van der Waals surface area contributed by atoms with Crippen LogP contribution in [-0.4, -0.2) is 24.9 Å². The van der Waals surface area contributed by atoms with Crippen LogP contribution in [0.3, 0.4) is 0 Å². The van der Waals surface area contributed by atoms with Gasteiger partial charge in [0, 0.05) is 11.8 Å². The summed E-state index contributed by atoms with van der Waals surface area (Å²) in [7, 11) is 1.30. The molecular weight excluding hydrogens is 318 g/mol. The lowest BCUT2D eigenvalue weighted by Gasteiger charge is -2.19. The van der Waals surface area contributed by atoms with E-state index in [1.54, 1.807) is 24.3 Å². The number of carbonyl (C=O) groups excluding carboxylic acids is 3. The van der Waals surface area contributed by atoms with Crippen molar-refractivity contribution in [3.63, 3.8) is 0 Å². The van der Waals surface area contributed by atoms with Crippen LogP contribution in [0.5, 0.6) is 0 Å². The minimum atomic E-state index is -0.491. The number of hydrogen-bond donors (Lipinski definition) is 0. The van der Waals surface area contributed by atoms with E-state index in [1.807, 2.05) is 13.8 Å². The van der Waals surface area contributed by atoms with Gasteiger partial charge in [0.2, 0.25) is 11.8 Å². The van der Waals surface area contributed by atoms with Gasteiger partial charge in [0.05, 0.1) is 30.2 Å². The minimum Gasteiger partial charge on any atom is -0.465 e. The SMILES string of the molecule is COC(=O)c1cccc(N2C(=O)[C@@H]3[C@@H](C2=O)[C@H]2C=C[C@@H]3C2=C(C)C)c1. The van der Waals surface area contributed by atoms with E-state index in [2.05, 4.69) is 12.2 Å². The minimum absolute atomic E-state index is 0.0187. The standard InChI is InChI=1S/C20H19NO4/c1-10(2)15-13-7-8-14(15)17-16(13)18(22)21(19(17)23)12-6-4-5-11(9-12)20(24)25-3/h4-9,13-14,16-17H,1-3H3/t13-,14+,16-,17-/m0/s1. The first-order chi connectivity index (χ1) is 12.0. The molecule has 4 atom stereocenters. The second kappa shape index (κ2) is 5.41. The third-order valence-corrected chi connectivity index (χ3v) is 5.52. The molecule has 5 nitrogen and oxygen atoms in total. The van der Waals surface area contributed by atoms with Gasteiger partial charge in [-0.3, -0.25) is 9.59 Å². The van der Waals surface area contributed by atoms with Gasteiger partial charge in [-0.1, -0.05) is 29.4 Å². The van der Waals surface area contributed by atoms with Gasteiger partial charge in [-0.2, -0.15) is 0 Å². The molecule has 2 aliphatic carbocycles.